The Kier molecular flexibility index (Phi) is 5.80. The molecule has 0 radical (unpaired) electrons. The number of halogens is 4. The van der Waals surface area contributed by atoms with E-state index in [0.717, 1.165) is 25.0 Å². The van der Waals surface area contributed by atoms with Crippen molar-refractivity contribution in [1.29, 1.82) is 0 Å². The number of carbonyl (C=O) groups is 1. The van der Waals surface area contributed by atoms with Crippen LogP contribution in [0.4, 0.5) is 13.2 Å². The molecular formula is C14H15BrF3NO. The molecule has 0 saturated heterocycles. The zero-order valence-corrected chi connectivity index (χ0v) is 12.6. The number of nitrogens with zero attached hydrogens (tertiary/aromatic N) is 1. The van der Waals surface area contributed by atoms with Crippen molar-refractivity contribution < 1.29 is 18.0 Å². The summed E-state index contributed by atoms with van der Waals surface area (Å²) in [6.07, 6.45) is -1.25. The van der Waals surface area contributed by atoms with Gasteiger partial charge in [-0.25, -0.2) is 0 Å². The maximum Gasteiger partial charge on any atom is 0.416 e. The second-order valence-electron chi connectivity index (χ2n) is 4.35. The van der Waals surface area contributed by atoms with Crippen molar-refractivity contribution in [2.45, 2.75) is 19.0 Å². The number of hydrogen-bond acceptors (Lipinski definition) is 1. The Hall–Kier alpha value is -1.30. The van der Waals surface area contributed by atoms with Gasteiger partial charge in [0.05, 0.1) is 11.1 Å². The summed E-state index contributed by atoms with van der Waals surface area (Å²) in [4.78, 5) is 13.5. The van der Waals surface area contributed by atoms with E-state index in [2.05, 4.69) is 22.5 Å². The van der Waals surface area contributed by atoms with Crippen molar-refractivity contribution in [3.63, 3.8) is 0 Å². The largest absolute Gasteiger partial charge is 0.416 e. The minimum Gasteiger partial charge on any atom is -0.342 e. The standard InChI is InChI=1S/C14H15BrF3NO/c1-3-4-5-8-19(2)13(20)11-9-10(14(16,17)18)6-7-12(11)15/h3,6-7,9H,1,4-5,8H2,2H3. The van der Waals surface area contributed by atoms with Crippen LogP contribution in [0.15, 0.2) is 35.3 Å². The number of benzene rings is 1. The number of alkyl halides is 3. The maximum absolute atomic E-state index is 12.7. The molecule has 6 heteroatoms. The second kappa shape index (κ2) is 6.92. The number of rotatable bonds is 5. The van der Waals surface area contributed by atoms with Gasteiger partial charge in [0.1, 0.15) is 0 Å². The SMILES string of the molecule is C=CCCCN(C)C(=O)c1cc(C(F)(F)F)ccc1Br. The van der Waals surface area contributed by atoms with Crippen molar-refractivity contribution in [3.05, 3.63) is 46.5 Å². The van der Waals surface area contributed by atoms with Crippen molar-refractivity contribution in [2.75, 3.05) is 13.6 Å². The van der Waals surface area contributed by atoms with Crippen LogP contribution in [0.3, 0.4) is 0 Å². The number of amides is 1. The molecule has 0 aliphatic rings. The first-order valence-corrected chi connectivity index (χ1v) is 6.79. The smallest absolute Gasteiger partial charge is 0.342 e. The maximum atomic E-state index is 12.7. The topological polar surface area (TPSA) is 20.3 Å². The van der Waals surface area contributed by atoms with Crippen LogP contribution < -0.4 is 0 Å². The third kappa shape index (κ3) is 4.37. The molecule has 1 aromatic carbocycles. The van der Waals surface area contributed by atoms with Gasteiger partial charge >= 0.3 is 6.18 Å². The molecule has 0 aliphatic carbocycles. The molecule has 2 nitrogen and oxygen atoms in total. The van der Waals surface area contributed by atoms with Gasteiger partial charge in [-0.05, 0) is 47.0 Å². The van der Waals surface area contributed by atoms with Gasteiger partial charge in [0, 0.05) is 18.1 Å². The van der Waals surface area contributed by atoms with Crippen molar-refractivity contribution in [2.24, 2.45) is 0 Å². The average molecular weight is 350 g/mol. The van der Waals surface area contributed by atoms with Gasteiger partial charge in [-0.1, -0.05) is 6.08 Å². The quantitative estimate of drug-likeness (QED) is 0.565. The highest BCUT2D eigenvalue weighted by molar-refractivity contribution is 9.10. The zero-order chi connectivity index (χ0) is 15.3. The van der Waals surface area contributed by atoms with Gasteiger partial charge in [-0.2, -0.15) is 13.2 Å². The van der Waals surface area contributed by atoms with Crippen molar-refractivity contribution >= 4 is 21.8 Å². The van der Waals surface area contributed by atoms with E-state index in [1.165, 1.54) is 11.0 Å². The molecule has 20 heavy (non-hydrogen) atoms. The van der Waals surface area contributed by atoms with Crippen LogP contribution in [0.2, 0.25) is 0 Å². The number of hydrogen-bond donors (Lipinski definition) is 0. The fourth-order valence-corrected chi connectivity index (χ4v) is 2.06. The van der Waals surface area contributed by atoms with Crippen molar-refractivity contribution in [3.8, 4) is 0 Å². The van der Waals surface area contributed by atoms with Gasteiger partial charge in [-0.3, -0.25) is 4.79 Å². The first kappa shape index (κ1) is 16.8. The van der Waals surface area contributed by atoms with Gasteiger partial charge in [0.2, 0.25) is 0 Å². The van der Waals surface area contributed by atoms with Gasteiger partial charge in [0.25, 0.3) is 5.91 Å². The number of unbranched alkanes of at least 4 members (excludes halogenated alkanes) is 1. The van der Waals surface area contributed by atoms with Crippen LogP contribution in [0.25, 0.3) is 0 Å². The number of allylic oxidation sites excluding steroid dienone is 1. The van der Waals surface area contributed by atoms with E-state index in [-0.39, 0.29) is 5.56 Å². The van der Waals surface area contributed by atoms with Crippen LogP contribution in [0, 0.1) is 0 Å². The van der Waals surface area contributed by atoms with E-state index in [1.807, 2.05) is 0 Å². The lowest BCUT2D eigenvalue weighted by molar-refractivity contribution is -0.137. The molecule has 0 atom stereocenters. The van der Waals surface area contributed by atoms with Gasteiger partial charge < -0.3 is 4.90 Å². The van der Waals surface area contributed by atoms with Crippen LogP contribution in [-0.4, -0.2) is 24.4 Å². The Morgan fingerprint density at radius 3 is 2.65 bits per heavy atom. The molecule has 0 unspecified atom stereocenters. The lowest BCUT2D eigenvalue weighted by Gasteiger charge is -2.18. The third-order valence-corrected chi connectivity index (χ3v) is 3.46. The zero-order valence-electron chi connectivity index (χ0n) is 11.0. The third-order valence-electron chi connectivity index (χ3n) is 2.77. The molecule has 0 aliphatic heterocycles. The summed E-state index contributed by atoms with van der Waals surface area (Å²) in [5.41, 5.74) is -0.815. The molecule has 0 saturated carbocycles. The average Bonchev–Trinajstić information content (AvgIpc) is 2.37. The van der Waals surface area contributed by atoms with E-state index >= 15 is 0 Å². The lowest BCUT2D eigenvalue weighted by atomic mass is 10.1. The molecule has 0 aromatic heterocycles. The summed E-state index contributed by atoms with van der Waals surface area (Å²) in [6.45, 7) is 4.04. The second-order valence-corrected chi connectivity index (χ2v) is 5.20. The molecule has 0 spiro atoms. The van der Waals surface area contributed by atoms with Gasteiger partial charge in [-0.15, -0.1) is 6.58 Å². The molecular weight excluding hydrogens is 335 g/mol. The first-order valence-electron chi connectivity index (χ1n) is 6.00. The molecule has 1 aromatic rings. The predicted octanol–water partition coefficient (Wildman–Crippen LogP) is 4.51. The fourth-order valence-electron chi connectivity index (χ4n) is 1.65. The fraction of sp³-hybridized carbons (Fsp3) is 0.357. The minimum absolute atomic E-state index is 0.0147. The molecule has 0 heterocycles. The summed E-state index contributed by atoms with van der Waals surface area (Å²) >= 11 is 3.12. The van der Waals surface area contributed by atoms with E-state index in [9.17, 15) is 18.0 Å². The molecule has 0 fully saturated rings. The summed E-state index contributed by atoms with van der Waals surface area (Å²) < 4.78 is 38.3. The van der Waals surface area contributed by atoms with Crippen LogP contribution in [-0.2, 0) is 6.18 Å². The monoisotopic (exact) mass is 349 g/mol. The van der Waals surface area contributed by atoms with E-state index in [4.69, 9.17) is 0 Å². The summed E-state index contributed by atoms with van der Waals surface area (Å²) in [5, 5.41) is 0. The van der Waals surface area contributed by atoms with Crippen molar-refractivity contribution in [1.82, 2.24) is 4.90 Å². The minimum atomic E-state index is -4.46. The summed E-state index contributed by atoms with van der Waals surface area (Å²) in [7, 11) is 1.57. The Morgan fingerprint density at radius 2 is 2.10 bits per heavy atom. The Balaban J connectivity index is 2.94. The normalized spacial score (nSPS) is 11.2. The van der Waals surface area contributed by atoms with Crippen LogP contribution >= 0.6 is 15.9 Å². The molecule has 0 bridgehead atoms. The highest BCUT2D eigenvalue weighted by Crippen LogP contribution is 2.32. The highest BCUT2D eigenvalue weighted by atomic mass is 79.9. The Morgan fingerprint density at radius 1 is 1.45 bits per heavy atom. The van der Waals surface area contributed by atoms with E-state index < -0.39 is 17.6 Å². The molecule has 1 rings (SSSR count). The van der Waals surface area contributed by atoms with Crippen LogP contribution in [0.5, 0.6) is 0 Å². The summed E-state index contributed by atoms with van der Waals surface area (Å²) in [6, 6.07) is 3.06. The van der Waals surface area contributed by atoms with E-state index in [0.29, 0.717) is 11.0 Å². The van der Waals surface area contributed by atoms with Gasteiger partial charge in [0.15, 0.2) is 0 Å². The lowest BCUT2D eigenvalue weighted by Crippen LogP contribution is -2.28. The number of carbonyl (C=O) groups excluding carboxylic acids is 1. The Bertz CT molecular complexity index is 500. The highest BCUT2D eigenvalue weighted by Gasteiger charge is 2.31. The molecule has 110 valence electrons. The Labute approximate surface area is 124 Å². The molecule has 0 N–H and O–H groups in total. The van der Waals surface area contributed by atoms with E-state index in [1.54, 1.807) is 13.1 Å². The summed E-state index contributed by atoms with van der Waals surface area (Å²) in [5.74, 6) is -0.438. The predicted molar refractivity (Wildman–Crippen MR) is 75.5 cm³/mol. The molecule has 1 amide bonds. The van der Waals surface area contributed by atoms with Crippen LogP contribution in [0.1, 0.15) is 28.8 Å². The first-order chi connectivity index (χ1) is 9.27.